The molecular formula is C33H35N3O3S2. The van der Waals surface area contributed by atoms with Gasteiger partial charge in [-0.15, -0.1) is 11.8 Å². The summed E-state index contributed by atoms with van der Waals surface area (Å²) in [6, 6.07) is 31.2. The predicted molar refractivity (Wildman–Crippen MR) is 167 cm³/mol. The molecular weight excluding hydrogens is 551 g/mol. The van der Waals surface area contributed by atoms with Crippen molar-refractivity contribution < 1.29 is 13.2 Å². The summed E-state index contributed by atoms with van der Waals surface area (Å²) in [4.78, 5) is 16.9. The molecule has 1 heterocycles. The normalized spacial score (nSPS) is 14.6. The lowest BCUT2D eigenvalue weighted by Crippen LogP contribution is -2.48. The third kappa shape index (κ3) is 7.45. The van der Waals surface area contributed by atoms with Gasteiger partial charge in [0.1, 0.15) is 0 Å². The monoisotopic (exact) mass is 585 g/mol. The lowest BCUT2D eigenvalue weighted by Gasteiger charge is -2.34. The molecule has 1 N–H and O–H groups in total. The van der Waals surface area contributed by atoms with Crippen molar-refractivity contribution in [3.05, 3.63) is 125 Å². The van der Waals surface area contributed by atoms with E-state index in [4.69, 9.17) is 0 Å². The number of hydrogen-bond acceptors (Lipinski definition) is 5. The highest BCUT2D eigenvalue weighted by atomic mass is 32.2. The van der Waals surface area contributed by atoms with Crippen LogP contribution in [0.5, 0.6) is 0 Å². The Bertz CT molecular complexity index is 1600. The molecule has 1 aliphatic rings. The fourth-order valence-electron chi connectivity index (χ4n) is 4.89. The highest BCUT2D eigenvalue weighted by Crippen LogP contribution is 2.25. The zero-order valence-corrected chi connectivity index (χ0v) is 25.0. The molecule has 0 aliphatic carbocycles. The zero-order chi connectivity index (χ0) is 28.8. The second kappa shape index (κ2) is 13.0. The molecule has 1 aliphatic heterocycles. The molecule has 0 atom stereocenters. The van der Waals surface area contributed by atoms with Crippen LogP contribution in [-0.2, 0) is 22.3 Å². The van der Waals surface area contributed by atoms with Crippen molar-refractivity contribution in [3.63, 3.8) is 0 Å². The molecule has 1 saturated heterocycles. The van der Waals surface area contributed by atoms with Crippen molar-refractivity contribution in [1.29, 1.82) is 0 Å². The molecule has 0 spiro atoms. The van der Waals surface area contributed by atoms with Gasteiger partial charge in [0.2, 0.25) is 10.0 Å². The van der Waals surface area contributed by atoms with E-state index in [-0.39, 0.29) is 5.91 Å². The van der Waals surface area contributed by atoms with Gasteiger partial charge in [0, 0.05) is 54.6 Å². The molecule has 6 nitrogen and oxygen atoms in total. The minimum Gasteiger partial charge on any atom is -0.322 e. The van der Waals surface area contributed by atoms with E-state index in [9.17, 15) is 13.2 Å². The first-order chi connectivity index (χ1) is 19.8. The van der Waals surface area contributed by atoms with Crippen LogP contribution >= 0.6 is 11.8 Å². The van der Waals surface area contributed by atoms with Crippen LogP contribution in [0.3, 0.4) is 0 Å². The maximum Gasteiger partial charge on any atom is 0.255 e. The molecule has 1 amide bonds. The van der Waals surface area contributed by atoms with Gasteiger partial charge in [-0.2, -0.15) is 4.31 Å². The summed E-state index contributed by atoms with van der Waals surface area (Å²) < 4.78 is 27.6. The standard InChI is InChI=1S/C33H35N3O3S2/c1-25-11-14-31(15-12-25)41(38,39)36-19-17-35(18-20-36)23-27-7-6-8-29(22-27)33(37)34-32-16-13-28(21-26(32)2)24-40-30-9-4-3-5-10-30/h3-16,21-22H,17-20,23-24H2,1-2H3,(H,34,37). The number of piperazine rings is 1. The number of carbonyl (C=O) groups excluding carboxylic acids is 1. The number of amides is 1. The largest absolute Gasteiger partial charge is 0.322 e. The molecule has 212 valence electrons. The SMILES string of the molecule is Cc1ccc(S(=O)(=O)N2CCN(Cc3cccc(C(=O)Nc4ccc(CSc5ccccc5)cc4C)c3)CC2)cc1. The summed E-state index contributed by atoms with van der Waals surface area (Å²) in [6.45, 7) is 6.77. The second-order valence-electron chi connectivity index (χ2n) is 10.4. The molecule has 5 rings (SSSR count). The number of benzene rings is 4. The molecule has 0 bridgehead atoms. The van der Waals surface area contributed by atoms with Crippen molar-refractivity contribution in [2.45, 2.75) is 35.9 Å². The van der Waals surface area contributed by atoms with Gasteiger partial charge in [-0.3, -0.25) is 9.69 Å². The smallest absolute Gasteiger partial charge is 0.255 e. The molecule has 0 radical (unpaired) electrons. The molecule has 1 fully saturated rings. The summed E-state index contributed by atoms with van der Waals surface area (Å²) in [5.41, 5.74) is 5.71. The van der Waals surface area contributed by atoms with Gasteiger partial charge in [0.05, 0.1) is 4.90 Å². The van der Waals surface area contributed by atoms with Crippen molar-refractivity contribution in [2.24, 2.45) is 0 Å². The summed E-state index contributed by atoms with van der Waals surface area (Å²) in [5.74, 6) is 0.725. The Morgan fingerprint density at radius 2 is 1.54 bits per heavy atom. The van der Waals surface area contributed by atoms with Crippen molar-refractivity contribution in [3.8, 4) is 0 Å². The highest BCUT2D eigenvalue weighted by Gasteiger charge is 2.28. The number of rotatable bonds is 9. The summed E-state index contributed by atoms with van der Waals surface area (Å²) in [6.07, 6.45) is 0. The third-order valence-electron chi connectivity index (χ3n) is 7.27. The fraction of sp³-hybridized carbons (Fsp3) is 0.242. The van der Waals surface area contributed by atoms with E-state index in [1.54, 1.807) is 28.2 Å². The van der Waals surface area contributed by atoms with Crippen LogP contribution in [-0.4, -0.2) is 49.7 Å². The Hall–Kier alpha value is -3.43. The molecule has 0 saturated carbocycles. The number of nitrogens with one attached hydrogen (secondary N) is 1. The van der Waals surface area contributed by atoms with Gasteiger partial charge in [0.25, 0.3) is 5.91 Å². The van der Waals surface area contributed by atoms with E-state index in [1.807, 2.05) is 74.5 Å². The summed E-state index contributed by atoms with van der Waals surface area (Å²) in [7, 11) is -3.49. The Morgan fingerprint density at radius 3 is 2.24 bits per heavy atom. The molecule has 41 heavy (non-hydrogen) atoms. The van der Waals surface area contributed by atoms with Crippen LogP contribution in [0.1, 0.15) is 32.6 Å². The number of carbonyl (C=O) groups is 1. The maximum absolute atomic E-state index is 13.1. The quantitative estimate of drug-likeness (QED) is 0.232. The van der Waals surface area contributed by atoms with Gasteiger partial charge in [-0.1, -0.05) is 60.2 Å². The zero-order valence-electron chi connectivity index (χ0n) is 23.4. The summed E-state index contributed by atoms with van der Waals surface area (Å²) in [5, 5.41) is 3.07. The maximum atomic E-state index is 13.1. The average Bonchev–Trinajstić information content (AvgIpc) is 2.98. The fourth-order valence-corrected chi connectivity index (χ4v) is 7.17. The van der Waals surface area contributed by atoms with Crippen LogP contribution in [0.15, 0.2) is 107 Å². The van der Waals surface area contributed by atoms with Crippen LogP contribution in [0.4, 0.5) is 5.69 Å². The lowest BCUT2D eigenvalue weighted by atomic mass is 10.1. The van der Waals surface area contributed by atoms with Gasteiger partial charge in [-0.25, -0.2) is 8.42 Å². The first-order valence-corrected chi connectivity index (χ1v) is 16.2. The van der Waals surface area contributed by atoms with Gasteiger partial charge < -0.3 is 5.32 Å². The van der Waals surface area contributed by atoms with Gasteiger partial charge in [-0.05, 0) is 73.0 Å². The van der Waals surface area contributed by atoms with E-state index in [0.29, 0.717) is 43.2 Å². The minimum absolute atomic E-state index is 0.143. The van der Waals surface area contributed by atoms with E-state index in [2.05, 4.69) is 34.5 Å². The topological polar surface area (TPSA) is 69.7 Å². The first kappa shape index (κ1) is 29.1. The Kier molecular flexibility index (Phi) is 9.25. The number of aryl methyl sites for hydroxylation is 2. The molecule has 8 heteroatoms. The van der Waals surface area contributed by atoms with E-state index in [1.165, 1.54) is 10.5 Å². The van der Waals surface area contributed by atoms with E-state index in [0.717, 1.165) is 28.1 Å². The Labute approximate surface area is 247 Å². The second-order valence-corrected chi connectivity index (χ2v) is 13.4. The third-order valence-corrected chi connectivity index (χ3v) is 10.3. The van der Waals surface area contributed by atoms with E-state index >= 15 is 0 Å². The van der Waals surface area contributed by atoms with Crippen LogP contribution in [0, 0.1) is 13.8 Å². The van der Waals surface area contributed by atoms with Gasteiger partial charge in [0.15, 0.2) is 0 Å². The van der Waals surface area contributed by atoms with Crippen LogP contribution < -0.4 is 5.32 Å². The van der Waals surface area contributed by atoms with Crippen molar-refractivity contribution in [2.75, 3.05) is 31.5 Å². The van der Waals surface area contributed by atoms with Crippen LogP contribution in [0.25, 0.3) is 0 Å². The minimum atomic E-state index is -3.49. The molecule has 0 unspecified atom stereocenters. The number of thioether (sulfide) groups is 1. The van der Waals surface area contributed by atoms with Crippen molar-refractivity contribution in [1.82, 2.24) is 9.21 Å². The molecule has 4 aromatic carbocycles. The first-order valence-electron chi connectivity index (χ1n) is 13.7. The molecule has 0 aromatic heterocycles. The average molecular weight is 586 g/mol. The highest BCUT2D eigenvalue weighted by molar-refractivity contribution is 7.98. The van der Waals surface area contributed by atoms with Gasteiger partial charge >= 0.3 is 0 Å². The number of sulfonamides is 1. The van der Waals surface area contributed by atoms with Crippen LogP contribution in [0.2, 0.25) is 0 Å². The predicted octanol–water partition coefficient (Wildman–Crippen LogP) is 6.35. The number of hydrogen-bond donors (Lipinski definition) is 1. The number of nitrogens with zero attached hydrogens (tertiary/aromatic N) is 2. The van der Waals surface area contributed by atoms with E-state index < -0.39 is 10.0 Å². The molecule has 4 aromatic rings. The lowest BCUT2D eigenvalue weighted by molar-refractivity contribution is 0.102. The van der Waals surface area contributed by atoms with Crippen molar-refractivity contribution >= 4 is 33.4 Å². The summed E-state index contributed by atoms with van der Waals surface area (Å²) >= 11 is 1.79. The number of anilines is 1. The Balaban J connectivity index is 1.15. The Morgan fingerprint density at radius 1 is 0.805 bits per heavy atom.